The second-order valence-corrected chi connectivity index (χ2v) is 7.73. The SMILES string of the molecule is CCOC(=O)CCC1OC(c2ccccc2)c2ccccc2N(Cc2ccccc2)C1=O. The lowest BCUT2D eigenvalue weighted by atomic mass is 9.99. The molecule has 0 saturated carbocycles. The first-order valence-electron chi connectivity index (χ1n) is 11.0. The molecule has 0 N–H and O–H groups in total. The second kappa shape index (κ2) is 10.2. The molecule has 5 nitrogen and oxygen atoms in total. The van der Waals surface area contributed by atoms with Gasteiger partial charge < -0.3 is 14.4 Å². The molecule has 5 heteroatoms. The minimum absolute atomic E-state index is 0.126. The monoisotopic (exact) mass is 429 g/mol. The molecule has 164 valence electrons. The number of nitrogens with zero attached hydrogens (tertiary/aromatic N) is 1. The number of anilines is 1. The molecule has 0 aromatic heterocycles. The summed E-state index contributed by atoms with van der Waals surface area (Å²) in [7, 11) is 0. The maximum Gasteiger partial charge on any atom is 0.305 e. The highest BCUT2D eigenvalue weighted by Gasteiger charge is 2.36. The third kappa shape index (κ3) is 4.89. The van der Waals surface area contributed by atoms with Gasteiger partial charge in [-0.25, -0.2) is 0 Å². The third-order valence-corrected chi connectivity index (χ3v) is 5.55. The predicted molar refractivity (Wildman–Crippen MR) is 123 cm³/mol. The summed E-state index contributed by atoms with van der Waals surface area (Å²) in [4.78, 5) is 27.5. The lowest BCUT2D eigenvalue weighted by molar-refractivity contribution is -0.145. The van der Waals surface area contributed by atoms with Crippen LogP contribution in [0.1, 0.15) is 42.6 Å². The molecule has 0 bridgehead atoms. The van der Waals surface area contributed by atoms with E-state index in [1.165, 1.54) is 0 Å². The van der Waals surface area contributed by atoms with E-state index in [2.05, 4.69) is 0 Å². The average molecular weight is 430 g/mol. The average Bonchev–Trinajstić information content (AvgIpc) is 2.94. The molecule has 3 aromatic rings. The van der Waals surface area contributed by atoms with Crippen molar-refractivity contribution in [1.82, 2.24) is 0 Å². The van der Waals surface area contributed by atoms with Gasteiger partial charge in [-0.2, -0.15) is 0 Å². The quantitative estimate of drug-likeness (QED) is 0.493. The van der Waals surface area contributed by atoms with Crippen LogP contribution in [0.2, 0.25) is 0 Å². The first-order valence-corrected chi connectivity index (χ1v) is 11.0. The lowest BCUT2D eigenvalue weighted by Crippen LogP contribution is -2.39. The van der Waals surface area contributed by atoms with Gasteiger partial charge in [0.1, 0.15) is 12.2 Å². The highest BCUT2D eigenvalue weighted by atomic mass is 16.5. The molecule has 1 aliphatic rings. The fraction of sp³-hybridized carbons (Fsp3) is 0.259. The summed E-state index contributed by atoms with van der Waals surface area (Å²) in [6.45, 7) is 2.52. The topological polar surface area (TPSA) is 55.8 Å². The Morgan fingerprint density at radius 1 is 0.938 bits per heavy atom. The minimum atomic E-state index is -0.763. The zero-order chi connectivity index (χ0) is 22.3. The Kier molecular flexibility index (Phi) is 6.97. The third-order valence-electron chi connectivity index (χ3n) is 5.55. The molecule has 0 radical (unpaired) electrons. The van der Waals surface area contributed by atoms with Gasteiger partial charge in [-0.05, 0) is 30.5 Å². The van der Waals surface area contributed by atoms with Gasteiger partial charge in [0.2, 0.25) is 0 Å². The van der Waals surface area contributed by atoms with Crippen molar-refractivity contribution >= 4 is 17.6 Å². The van der Waals surface area contributed by atoms with Gasteiger partial charge in [0.25, 0.3) is 5.91 Å². The van der Waals surface area contributed by atoms with Crippen LogP contribution < -0.4 is 4.90 Å². The van der Waals surface area contributed by atoms with E-state index < -0.39 is 12.2 Å². The fourth-order valence-electron chi connectivity index (χ4n) is 4.03. The number of rotatable bonds is 7. The van der Waals surface area contributed by atoms with Crippen LogP contribution in [0, 0.1) is 0 Å². The van der Waals surface area contributed by atoms with Crippen LogP contribution in [0.5, 0.6) is 0 Å². The van der Waals surface area contributed by atoms with Crippen molar-refractivity contribution in [3.8, 4) is 0 Å². The summed E-state index contributed by atoms with van der Waals surface area (Å²) in [5.41, 5.74) is 3.75. The molecular formula is C27H27NO4. The highest BCUT2D eigenvalue weighted by molar-refractivity contribution is 5.98. The van der Waals surface area contributed by atoms with E-state index in [4.69, 9.17) is 9.47 Å². The number of hydrogen-bond donors (Lipinski definition) is 0. The number of fused-ring (bicyclic) bond motifs is 1. The van der Waals surface area contributed by atoms with Crippen molar-refractivity contribution < 1.29 is 19.1 Å². The van der Waals surface area contributed by atoms with E-state index in [9.17, 15) is 9.59 Å². The summed E-state index contributed by atoms with van der Waals surface area (Å²) in [5.74, 6) is -0.472. The summed E-state index contributed by atoms with van der Waals surface area (Å²) < 4.78 is 11.5. The first-order chi connectivity index (χ1) is 15.7. The van der Waals surface area contributed by atoms with Crippen LogP contribution in [-0.2, 0) is 25.6 Å². The largest absolute Gasteiger partial charge is 0.466 e. The smallest absolute Gasteiger partial charge is 0.305 e. The Balaban J connectivity index is 1.73. The Morgan fingerprint density at radius 2 is 1.59 bits per heavy atom. The van der Waals surface area contributed by atoms with Crippen molar-refractivity contribution in [3.63, 3.8) is 0 Å². The van der Waals surface area contributed by atoms with Gasteiger partial charge in [0.15, 0.2) is 0 Å². The lowest BCUT2D eigenvalue weighted by Gasteiger charge is -2.25. The molecule has 32 heavy (non-hydrogen) atoms. The van der Waals surface area contributed by atoms with Gasteiger partial charge in [0, 0.05) is 12.0 Å². The summed E-state index contributed by atoms with van der Waals surface area (Å²) in [6, 6.07) is 27.6. The molecule has 1 heterocycles. The van der Waals surface area contributed by atoms with Crippen LogP contribution in [0.25, 0.3) is 0 Å². The molecule has 0 aliphatic carbocycles. The Bertz CT molecular complexity index is 1050. The summed E-state index contributed by atoms with van der Waals surface area (Å²) in [5, 5.41) is 0. The predicted octanol–water partition coefficient (Wildman–Crippen LogP) is 5.05. The number of amides is 1. The fourth-order valence-corrected chi connectivity index (χ4v) is 4.03. The van der Waals surface area contributed by atoms with Crippen LogP contribution in [0.4, 0.5) is 5.69 Å². The van der Waals surface area contributed by atoms with Crippen LogP contribution >= 0.6 is 0 Å². The normalized spacial score (nSPS) is 18.0. The van der Waals surface area contributed by atoms with E-state index in [0.29, 0.717) is 13.2 Å². The van der Waals surface area contributed by atoms with Gasteiger partial charge in [-0.15, -0.1) is 0 Å². The van der Waals surface area contributed by atoms with Crippen molar-refractivity contribution in [2.45, 2.75) is 38.5 Å². The number of para-hydroxylation sites is 1. The Hall–Kier alpha value is -3.44. The van der Waals surface area contributed by atoms with Crippen LogP contribution in [0.3, 0.4) is 0 Å². The summed E-state index contributed by atoms with van der Waals surface area (Å²) >= 11 is 0. The number of esters is 1. The maximum absolute atomic E-state index is 13.7. The van der Waals surface area contributed by atoms with E-state index in [0.717, 1.165) is 22.4 Å². The van der Waals surface area contributed by atoms with E-state index in [1.54, 1.807) is 11.8 Å². The van der Waals surface area contributed by atoms with E-state index in [-0.39, 0.29) is 24.7 Å². The van der Waals surface area contributed by atoms with Crippen LogP contribution in [-0.4, -0.2) is 24.6 Å². The molecule has 0 fully saturated rings. The minimum Gasteiger partial charge on any atom is -0.466 e. The van der Waals surface area contributed by atoms with Crippen molar-refractivity contribution in [2.24, 2.45) is 0 Å². The molecular weight excluding hydrogens is 402 g/mol. The molecule has 0 spiro atoms. The number of carbonyl (C=O) groups is 2. The van der Waals surface area contributed by atoms with E-state index >= 15 is 0 Å². The molecule has 2 atom stereocenters. The molecule has 3 aromatic carbocycles. The number of benzene rings is 3. The van der Waals surface area contributed by atoms with Crippen molar-refractivity contribution in [1.29, 1.82) is 0 Å². The Morgan fingerprint density at radius 3 is 2.31 bits per heavy atom. The molecule has 4 rings (SSSR count). The Labute approximate surface area is 188 Å². The maximum atomic E-state index is 13.7. The van der Waals surface area contributed by atoms with Gasteiger partial charge in [-0.3, -0.25) is 9.59 Å². The summed E-state index contributed by atoms with van der Waals surface area (Å²) in [6.07, 6.45) is -0.785. The second-order valence-electron chi connectivity index (χ2n) is 7.73. The number of ether oxygens (including phenoxy) is 2. The molecule has 1 amide bonds. The first kappa shape index (κ1) is 21.8. The zero-order valence-corrected chi connectivity index (χ0v) is 18.1. The van der Waals surface area contributed by atoms with Gasteiger partial charge >= 0.3 is 5.97 Å². The highest BCUT2D eigenvalue weighted by Crippen LogP contribution is 2.39. The molecule has 2 unspecified atom stereocenters. The molecule has 0 saturated heterocycles. The van der Waals surface area contributed by atoms with E-state index in [1.807, 2.05) is 84.9 Å². The van der Waals surface area contributed by atoms with Gasteiger partial charge in [-0.1, -0.05) is 78.9 Å². The standard InChI is InChI=1S/C27H27NO4/c1-2-31-25(29)18-17-24-27(30)28(19-20-11-5-3-6-12-20)23-16-10-9-15-22(23)26(32-24)21-13-7-4-8-14-21/h3-16,24,26H,2,17-19H2,1H3. The van der Waals surface area contributed by atoms with Crippen molar-refractivity contribution in [3.05, 3.63) is 102 Å². The number of hydrogen-bond acceptors (Lipinski definition) is 4. The zero-order valence-electron chi connectivity index (χ0n) is 18.1. The number of carbonyl (C=O) groups excluding carboxylic acids is 2. The van der Waals surface area contributed by atoms with Gasteiger partial charge in [0.05, 0.1) is 18.8 Å². The van der Waals surface area contributed by atoms with Crippen molar-refractivity contribution in [2.75, 3.05) is 11.5 Å². The van der Waals surface area contributed by atoms with Crippen LogP contribution in [0.15, 0.2) is 84.9 Å². The molecule has 1 aliphatic heterocycles.